The Bertz CT molecular complexity index is 223. The molecule has 0 bridgehead atoms. The summed E-state index contributed by atoms with van der Waals surface area (Å²) in [6.07, 6.45) is 1.11. The van der Waals surface area contributed by atoms with Gasteiger partial charge in [-0.1, -0.05) is 6.58 Å². The van der Waals surface area contributed by atoms with Gasteiger partial charge < -0.3 is 56.5 Å². The highest BCUT2D eigenvalue weighted by molar-refractivity contribution is 6.50. The van der Waals surface area contributed by atoms with Crippen molar-refractivity contribution in [2.45, 2.75) is 0 Å². The Hall–Kier alpha value is -1.44. The molecule has 17 heteroatoms. The van der Waals surface area contributed by atoms with E-state index in [1.165, 1.54) is 7.11 Å². The highest BCUT2D eigenvalue weighted by Crippen LogP contribution is 2.07. The molecule has 21 heavy (non-hydrogen) atoms. The first-order chi connectivity index (χ1) is 8.81. The number of carbonyl (C=O) groups is 1. The average Bonchev–Trinajstić information content (AvgIpc) is 2.08. The normalized spacial score (nSPS) is 10.5. The van der Waals surface area contributed by atoms with E-state index in [2.05, 4.69) is 11.3 Å². The van der Waals surface area contributed by atoms with E-state index in [0.29, 0.717) is 0 Å². The van der Waals surface area contributed by atoms with Crippen molar-refractivity contribution in [3.05, 3.63) is 12.7 Å². The van der Waals surface area contributed by atoms with E-state index in [-0.39, 0.29) is 0 Å². The summed E-state index contributed by atoms with van der Waals surface area (Å²) in [6, 6.07) is 0. The fraction of sp³-hybridized carbons (Fsp3) is 0.250. The van der Waals surface area contributed by atoms with E-state index in [1.807, 2.05) is 0 Å². The predicted octanol–water partition coefficient (Wildman–Crippen LogP) is 4.25. The second-order valence-electron chi connectivity index (χ2n) is 2.21. The number of ether oxygens (including phenoxy) is 1. The minimum atomic E-state index is -6.00. The molecule has 0 rings (SSSR count). The molecule has 0 N–H and O–H groups in total. The number of hydrogen-bond donors (Lipinski definition) is 0. The molecule has 0 aromatic heterocycles. The van der Waals surface area contributed by atoms with Gasteiger partial charge in [-0.05, 0) is 0 Å². The van der Waals surface area contributed by atoms with Crippen LogP contribution in [-0.2, 0) is 9.53 Å². The lowest BCUT2D eigenvalue weighted by Crippen LogP contribution is -2.02. The van der Waals surface area contributed by atoms with Crippen LogP contribution in [-0.4, -0.2) is 34.8 Å². The van der Waals surface area contributed by atoms with Crippen LogP contribution in [0.25, 0.3) is 0 Å². The summed E-state index contributed by atoms with van der Waals surface area (Å²) >= 11 is 0. The maximum absolute atomic E-state index is 9.84. The van der Waals surface area contributed by atoms with Gasteiger partial charge in [0.15, 0.2) is 0 Å². The van der Waals surface area contributed by atoms with Crippen molar-refractivity contribution >= 4 is 27.7 Å². The summed E-state index contributed by atoms with van der Waals surface area (Å²) in [7, 11) is -16.7. The second-order valence-corrected chi connectivity index (χ2v) is 2.21. The number of halogens is 12. The molecule has 2 nitrogen and oxygen atoms in total. The Morgan fingerprint density at radius 3 is 0.905 bits per heavy atom. The largest absolute Gasteiger partial charge is 0.673 e. The topological polar surface area (TPSA) is 26.3 Å². The van der Waals surface area contributed by atoms with Crippen molar-refractivity contribution in [2.24, 2.45) is 0 Å². The zero-order chi connectivity index (χ0) is 18.5. The van der Waals surface area contributed by atoms with E-state index in [9.17, 15) is 56.6 Å². The SMILES string of the molecule is C=CC(=O)OC.F[B-](F)(F)F.F[B-](F)(F)F.F[B-](F)(F)F. The molecule has 0 unspecified atom stereocenters. The molecule has 0 aliphatic heterocycles. The lowest BCUT2D eigenvalue weighted by atomic mass is 10.3. The van der Waals surface area contributed by atoms with E-state index in [4.69, 9.17) is 0 Å². The molecule has 0 saturated heterocycles. The summed E-state index contributed by atoms with van der Waals surface area (Å²) in [4.78, 5) is 9.84. The monoisotopic (exact) mass is 347 g/mol. The van der Waals surface area contributed by atoms with Crippen molar-refractivity contribution in [2.75, 3.05) is 7.11 Å². The fourth-order valence-corrected chi connectivity index (χ4v) is 0.0833. The molecule has 0 fully saturated rings. The standard InChI is InChI=1S/C4H6O2.3BF4/c1-3-4(5)6-2;3*2-1(3,4)5/h3H,1H2,2H3;;;/q;3*-1. The molecule has 0 atom stereocenters. The number of esters is 1. The third-order valence-corrected chi connectivity index (χ3v) is 0.368. The highest BCUT2D eigenvalue weighted by atomic mass is 19.5. The highest BCUT2D eigenvalue weighted by Gasteiger charge is 2.21. The molecule has 130 valence electrons. The van der Waals surface area contributed by atoms with Gasteiger partial charge in [0, 0.05) is 6.08 Å². The van der Waals surface area contributed by atoms with E-state index >= 15 is 0 Å². The van der Waals surface area contributed by atoms with Gasteiger partial charge in [0.05, 0.1) is 7.11 Å². The first kappa shape index (κ1) is 27.8. The lowest BCUT2D eigenvalue weighted by Gasteiger charge is -1.94. The Morgan fingerprint density at radius 1 is 0.762 bits per heavy atom. The van der Waals surface area contributed by atoms with E-state index in [0.717, 1.165) is 6.08 Å². The average molecular weight is 347 g/mol. The van der Waals surface area contributed by atoms with Crippen LogP contribution in [0.4, 0.5) is 51.8 Å². The quantitative estimate of drug-likeness (QED) is 0.307. The van der Waals surface area contributed by atoms with Crippen LogP contribution in [0.15, 0.2) is 12.7 Å². The first-order valence-electron chi connectivity index (χ1n) is 4.13. The van der Waals surface area contributed by atoms with Crippen molar-refractivity contribution in [3.8, 4) is 0 Å². The third kappa shape index (κ3) is 774. The second kappa shape index (κ2) is 12.3. The molecular weight excluding hydrogens is 340 g/mol. The number of rotatable bonds is 1. The summed E-state index contributed by atoms with van der Waals surface area (Å²) in [5.74, 6) is -0.394. The summed E-state index contributed by atoms with van der Waals surface area (Å²) < 4.78 is 121. The van der Waals surface area contributed by atoms with Crippen molar-refractivity contribution < 1.29 is 61.3 Å². The molecule has 0 aromatic rings. The smallest absolute Gasteiger partial charge is 0.466 e. The zero-order valence-electron chi connectivity index (χ0n) is 9.87. The van der Waals surface area contributed by atoms with Crippen LogP contribution >= 0.6 is 0 Å². The van der Waals surface area contributed by atoms with Crippen molar-refractivity contribution in [1.82, 2.24) is 0 Å². The molecule has 0 aliphatic carbocycles. The predicted molar refractivity (Wildman–Crippen MR) is 52.8 cm³/mol. The van der Waals surface area contributed by atoms with Crippen molar-refractivity contribution in [3.63, 3.8) is 0 Å². The Balaban J connectivity index is -0.0000000921. The molecule has 0 aliphatic rings. The molecule has 0 radical (unpaired) electrons. The van der Waals surface area contributed by atoms with Gasteiger partial charge in [-0.25, -0.2) is 4.79 Å². The zero-order valence-corrected chi connectivity index (χ0v) is 9.87. The van der Waals surface area contributed by atoms with E-state index < -0.39 is 27.7 Å². The first-order valence-corrected chi connectivity index (χ1v) is 4.13. The van der Waals surface area contributed by atoms with Crippen LogP contribution < -0.4 is 0 Å². The number of carbonyl (C=O) groups excluding carboxylic acids is 1. The van der Waals surface area contributed by atoms with Gasteiger partial charge in [0.1, 0.15) is 0 Å². The Kier molecular flexibility index (Phi) is 16.3. The van der Waals surface area contributed by atoms with Gasteiger partial charge in [0.2, 0.25) is 0 Å². The molecule has 0 amide bonds. The molecule has 0 heterocycles. The molecular formula is C4H6B3F12O2-3. The van der Waals surface area contributed by atoms with Gasteiger partial charge >= 0.3 is 27.7 Å². The van der Waals surface area contributed by atoms with Crippen LogP contribution in [0.2, 0.25) is 0 Å². The maximum atomic E-state index is 9.84. The van der Waals surface area contributed by atoms with Crippen LogP contribution in [0, 0.1) is 0 Å². The fourth-order valence-electron chi connectivity index (χ4n) is 0.0833. The summed E-state index contributed by atoms with van der Waals surface area (Å²) in [5.41, 5.74) is 0. The number of methoxy groups -OCH3 is 1. The van der Waals surface area contributed by atoms with Crippen LogP contribution in [0.1, 0.15) is 0 Å². The molecule has 0 aromatic carbocycles. The Labute approximate surface area is 110 Å². The lowest BCUT2D eigenvalue weighted by molar-refractivity contribution is -0.134. The van der Waals surface area contributed by atoms with Gasteiger partial charge in [-0.3, -0.25) is 0 Å². The van der Waals surface area contributed by atoms with Gasteiger partial charge in [0.25, 0.3) is 0 Å². The summed E-state index contributed by atoms with van der Waals surface area (Å²) in [5, 5.41) is 0. The van der Waals surface area contributed by atoms with Crippen LogP contribution in [0.3, 0.4) is 0 Å². The Morgan fingerprint density at radius 2 is 0.905 bits per heavy atom. The van der Waals surface area contributed by atoms with E-state index in [1.54, 1.807) is 0 Å². The van der Waals surface area contributed by atoms with Gasteiger partial charge in [-0.2, -0.15) is 0 Å². The number of hydrogen-bond acceptors (Lipinski definition) is 2. The van der Waals surface area contributed by atoms with Gasteiger partial charge in [-0.15, -0.1) is 0 Å². The minimum Gasteiger partial charge on any atom is -0.466 e. The summed E-state index contributed by atoms with van der Waals surface area (Å²) in [6.45, 7) is 3.16. The van der Waals surface area contributed by atoms with Crippen LogP contribution in [0.5, 0.6) is 0 Å². The van der Waals surface area contributed by atoms with Crippen molar-refractivity contribution in [1.29, 1.82) is 0 Å². The minimum absolute atomic E-state index is 0.394. The molecule has 0 saturated carbocycles. The molecule has 0 spiro atoms. The third-order valence-electron chi connectivity index (χ3n) is 0.368. The maximum Gasteiger partial charge on any atom is 0.673 e.